The molecule has 106 valence electrons. The van der Waals surface area contributed by atoms with Crippen LogP contribution in [0.4, 0.5) is 0 Å². The summed E-state index contributed by atoms with van der Waals surface area (Å²) in [5.41, 5.74) is 5.93. The van der Waals surface area contributed by atoms with Crippen LogP contribution in [0.15, 0.2) is 12.4 Å². The van der Waals surface area contributed by atoms with Gasteiger partial charge in [0.05, 0.1) is 6.04 Å². The molecule has 4 N–H and O–H groups in total. The summed E-state index contributed by atoms with van der Waals surface area (Å²) < 4.78 is 0. The molecule has 1 amide bonds. The number of aromatic amines is 1. The fraction of sp³-hybridized carbons (Fsp3) is 0.714. The Bertz CT molecular complexity index is 396. The van der Waals surface area contributed by atoms with Crippen LogP contribution in [0.5, 0.6) is 0 Å². The molecule has 0 aliphatic heterocycles. The topological polar surface area (TPSA) is 83.8 Å². The normalized spacial score (nSPS) is 19.9. The molecule has 1 fully saturated rings. The van der Waals surface area contributed by atoms with Gasteiger partial charge in [-0.1, -0.05) is 19.3 Å². The van der Waals surface area contributed by atoms with Crippen LogP contribution in [0.1, 0.15) is 57.3 Å². The molecular formula is C14H24N4O. The first-order valence-corrected chi connectivity index (χ1v) is 7.14. The smallest absolute Gasteiger partial charge is 0.221 e. The number of rotatable bonds is 5. The highest BCUT2D eigenvalue weighted by Gasteiger charge is 2.33. The van der Waals surface area contributed by atoms with Crippen molar-refractivity contribution >= 4 is 5.91 Å². The Morgan fingerprint density at radius 1 is 1.53 bits per heavy atom. The molecule has 1 aromatic heterocycles. The van der Waals surface area contributed by atoms with Gasteiger partial charge in [-0.25, -0.2) is 4.98 Å². The number of carbonyl (C=O) groups excluding carboxylic acids is 1. The number of hydrogen-bond donors (Lipinski definition) is 3. The first kappa shape index (κ1) is 14.1. The Hall–Kier alpha value is -1.36. The first-order valence-electron chi connectivity index (χ1n) is 7.14. The lowest BCUT2D eigenvalue weighted by Gasteiger charge is -2.35. The molecule has 1 aliphatic carbocycles. The highest BCUT2D eigenvalue weighted by atomic mass is 16.1. The molecule has 1 aromatic rings. The second kappa shape index (κ2) is 6.19. The number of carbonyl (C=O) groups is 1. The predicted octanol–water partition coefficient (Wildman–Crippen LogP) is 1.89. The summed E-state index contributed by atoms with van der Waals surface area (Å²) in [6.45, 7) is 2.54. The molecule has 1 aliphatic rings. The highest BCUT2D eigenvalue weighted by Crippen LogP contribution is 2.38. The van der Waals surface area contributed by atoms with E-state index in [0.29, 0.717) is 13.0 Å². The molecule has 5 heteroatoms. The predicted molar refractivity (Wildman–Crippen MR) is 74.3 cm³/mol. The standard InChI is InChI=1S/C14H24N4O/c1-11(13-16-7-8-17-13)18-12(19)9-14(10-15)5-3-2-4-6-14/h7-8,11H,2-6,9-10,15H2,1H3,(H,16,17)(H,18,19). The third-order valence-corrected chi connectivity index (χ3v) is 4.19. The third-order valence-electron chi connectivity index (χ3n) is 4.19. The van der Waals surface area contributed by atoms with E-state index in [1.807, 2.05) is 6.92 Å². The summed E-state index contributed by atoms with van der Waals surface area (Å²) in [7, 11) is 0. The first-order chi connectivity index (χ1) is 9.15. The third kappa shape index (κ3) is 3.56. The van der Waals surface area contributed by atoms with Crippen molar-refractivity contribution in [2.45, 2.75) is 51.5 Å². The van der Waals surface area contributed by atoms with Crippen LogP contribution in [0.3, 0.4) is 0 Å². The summed E-state index contributed by atoms with van der Waals surface area (Å²) in [5, 5.41) is 3.00. The van der Waals surface area contributed by atoms with Crippen LogP contribution in [-0.4, -0.2) is 22.4 Å². The maximum Gasteiger partial charge on any atom is 0.221 e. The average molecular weight is 264 g/mol. The van der Waals surface area contributed by atoms with E-state index in [1.165, 1.54) is 19.3 Å². The van der Waals surface area contributed by atoms with E-state index in [1.54, 1.807) is 12.4 Å². The van der Waals surface area contributed by atoms with E-state index >= 15 is 0 Å². The number of amides is 1. The molecule has 1 heterocycles. The summed E-state index contributed by atoms with van der Waals surface area (Å²) in [6, 6.07) is -0.0825. The lowest BCUT2D eigenvalue weighted by atomic mass is 9.71. The average Bonchev–Trinajstić information content (AvgIpc) is 2.93. The van der Waals surface area contributed by atoms with Crippen molar-refractivity contribution in [3.05, 3.63) is 18.2 Å². The summed E-state index contributed by atoms with van der Waals surface area (Å²) in [5.74, 6) is 0.870. The van der Waals surface area contributed by atoms with Gasteiger partial charge in [0.2, 0.25) is 5.91 Å². The number of H-pyrrole nitrogens is 1. The van der Waals surface area contributed by atoms with Crippen molar-refractivity contribution in [3.63, 3.8) is 0 Å². The zero-order valence-electron chi connectivity index (χ0n) is 11.6. The molecule has 0 bridgehead atoms. The molecule has 5 nitrogen and oxygen atoms in total. The van der Waals surface area contributed by atoms with Gasteiger partial charge in [-0.2, -0.15) is 0 Å². The van der Waals surface area contributed by atoms with E-state index in [0.717, 1.165) is 18.7 Å². The SMILES string of the molecule is CC(NC(=O)CC1(CN)CCCCC1)c1ncc[nH]1. The van der Waals surface area contributed by atoms with Crippen molar-refractivity contribution in [2.75, 3.05) is 6.54 Å². The molecular weight excluding hydrogens is 240 g/mol. The van der Waals surface area contributed by atoms with Gasteiger partial charge >= 0.3 is 0 Å². The molecule has 0 radical (unpaired) electrons. The summed E-state index contributed by atoms with van der Waals surface area (Å²) in [6.07, 6.45) is 9.80. The van der Waals surface area contributed by atoms with Crippen LogP contribution in [0.2, 0.25) is 0 Å². The molecule has 0 aromatic carbocycles. The summed E-state index contributed by atoms with van der Waals surface area (Å²) >= 11 is 0. The lowest BCUT2D eigenvalue weighted by Crippen LogP contribution is -2.39. The molecule has 1 atom stereocenters. The molecule has 0 spiro atoms. The number of nitrogens with two attached hydrogens (primary N) is 1. The minimum absolute atomic E-state index is 0.0191. The van der Waals surface area contributed by atoms with E-state index in [4.69, 9.17) is 5.73 Å². The van der Waals surface area contributed by atoms with Gasteiger partial charge in [0.25, 0.3) is 0 Å². The zero-order chi connectivity index (χ0) is 13.7. The van der Waals surface area contributed by atoms with Crippen molar-refractivity contribution in [3.8, 4) is 0 Å². The van der Waals surface area contributed by atoms with Crippen molar-refractivity contribution in [1.82, 2.24) is 15.3 Å². The summed E-state index contributed by atoms with van der Waals surface area (Å²) in [4.78, 5) is 19.4. The van der Waals surface area contributed by atoms with Gasteiger partial charge in [-0.05, 0) is 31.7 Å². The second-order valence-corrected chi connectivity index (χ2v) is 5.71. The van der Waals surface area contributed by atoms with Crippen LogP contribution in [-0.2, 0) is 4.79 Å². The van der Waals surface area contributed by atoms with Crippen LogP contribution < -0.4 is 11.1 Å². The van der Waals surface area contributed by atoms with Crippen molar-refractivity contribution in [2.24, 2.45) is 11.1 Å². The largest absolute Gasteiger partial charge is 0.347 e. The zero-order valence-corrected chi connectivity index (χ0v) is 11.6. The highest BCUT2D eigenvalue weighted by molar-refractivity contribution is 5.77. The fourth-order valence-corrected chi connectivity index (χ4v) is 2.97. The Labute approximate surface area is 114 Å². The molecule has 1 saturated carbocycles. The van der Waals surface area contributed by atoms with Crippen molar-refractivity contribution < 1.29 is 4.79 Å². The van der Waals surface area contributed by atoms with Crippen LogP contribution in [0, 0.1) is 5.41 Å². The molecule has 1 unspecified atom stereocenters. The maximum absolute atomic E-state index is 12.2. The Balaban J connectivity index is 1.89. The minimum Gasteiger partial charge on any atom is -0.347 e. The van der Waals surface area contributed by atoms with Crippen LogP contribution >= 0.6 is 0 Å². The number of aromatic nitrogens is 2. The minimum atomic E-state index is -0.0825. The van der Waals surface area contributed by atoms with Gasteiger partial charge < -0.3 is 16.0 Å². The Morgan fingerprint density at radius 3 is 2.84 bits per heavy atom. The number of hydrogen-bond acceptors (Lipinski definition) is 3. The van der Waals surface area contributed by atoms with E-state index in [-0.39, 0.29) is 17.4 Å². The fourth-order valence-electron chi connectivity index (χ4n) is 2.97. The molecule has 19 heavy (non-hydrogen) atoms. The van der Waals surface area contributed by atoms with Crippen molar-refractivity contribution in [1.29, 1.82) is 0 Å². The van der Waals surface area contributed by atoms with E-state index in [9.17, 15) is 4.79 Å². The number of imidazole rings is 1. The number of nitrogens with zero attached hydrogens (tertiary/aromatic N) is 1. The number of nitrogens with one attached hydrogen (secondary N) is 2. The second-order valence-electron chi connectivity index (χ2n) is 5.71. The maximum atomic E-state index is 12.2. The Kier molecular flexibility index (Phi) is 4.58. The monoisotopic (exact) mass is 264 g/mol. The van der Waals surface area contributed by atoms with Gasteiger partial charge in [0.1, 0.15) is 5.82 Å². The van der Waals surface area contributed by atoms with Gasteiger partial charge in [-0.3, -0.25) is 4.79 Å². The van der Waals surface area contributed by atoms with Gasteiger partial charge in [0.15, 0.2) is 0 Å². The van der Waals surface area contributed by atoms with E-state index < -0.39 is 0 Å². The van der Waals surface area contributed by atoms with Gasteiger partial charge in [0, 0.05) is 18.8 Å². The van der Waals surface area contributed by atoms with E-state index in [2.05, 4.69) is 15.3 Å². The van der Waals surface area contributed by atoms with Gasteiger partial charge in [-0.15, -0.1) is 0 Å². The molecule has 0 saturated heterocycles. The quantitative estimate of drug-likeness (QED) is 0.759. The van der Waals surface area contributed by atoms with Crippen LogP contribution in [0.25, 0.3) is 0 Å². The Morgan fingerprint density at radius 2 is 2.26 bits per heavy atom. The molecule has 2 rings (SSSR count). The lowest BCUT2D eigenvalue weighted by molar-refractivity contribution is -0.124.